The predicted octanol–water partition coefficient (Wildman–Crippen LogP) is 3.45. The molecule has 0 saturated heterocycles. The van der Waals surface area contributed by atoms with Crippen LogP contribution >= 0.6 is 0 Å². The number of ether oxygens (including phenoxy) is 1. The Morgan fingerprint density at radius 1 is 1.41 bits per heavy atom. The molecule has 1 aliphatic carbocycles. The highest BCUT2D eigenvalue weighted by Gasteiger charge is 2.19. The van der Waals surface area contributed by atoms with Gasteiger partial charge in [0.05, 0.1) is 6.61 Å². The first-order valence-corrected chi connectivity index (χ1v) is 6.61. The van der Waals surface area contributed by atoms with Crippen molar-refractivity contribution in [1.29, 1.82) is 0 Å². The molecule has 0 bridgehead atoms. The van der Waals surface area contributed by atoms with E-state index in [1.54, 1.807) is 0 Å². The molecule has 94 valence electrons. The normalized spacial score (nSPS) is 17.6. The van der Waals surface area contributed by atoms with Crippen LogP contribution in [0.4, 0.5) is 0 Å². The van der Waals surface area contributed by atoms with Crippen LogP contribution in [0.1, 0.15) is 43.4 Å². The zero-order valence-electron chi connectivity index (χ0n) is 11.1. The van der Waals surface area contributed by atoms with Crippen LogP contribution in [0, 0.1) is 12.8 Å². The first-order valence-electron chi connectivity index (χ1n) is 6.61. The Morgan fingerprint density at radius 3 is 2.76 bits per heavy atom. The molecule has 0 spiro atoms. The summed E-state index contributed by atoms with van der Waals surface area (Å²) >= 11 is 0. The molecular weight excluding hydrogens is 210 g/mol. The van der Waals surface area contributed by atoms with Crippen LogP contribution in [-0.2, 0) is 0 Å². The molecule has 2 heteroatoms. The van der Waals surface area contributed by atoms with Crippen LogP contribution in [0.15, 0.2) is 18.2 Å². The van der Waals surface area contributed by atoms with Gasteiger partial charge in [0, 0.05) is 11.6 Å². The summed E-state index contributed by atoms with van der Waals surface area (Å²) in [6.45, 7) is 5.18. The largest absolute Gasteiger partial charge is 0.493 e. The highest BCUT2D eigenvalue weighted by molar-refractivity contribution is 5.38. The fourth-order valence-corrected chi connectivity index (χ4v) is 2.16. The smallest absolute Gasteiger partial charge is 0.124 e. The Bertz CT molecular complexity index is 371. The molecule has 1 N–H and O–H groups in total. The molecule has 0 amide bonds. The molecule has 0 aromatic heterocycles. The second-order valence-electron chi connectivity index (χ2n) is 5.16. The zero-order chi connectivity index (χ0) is 12.3. The third-order valence-electron chi connectivity index (χ3n) is 3.76. The van der Waals surface area contributed by atoms with Crippen LogP contribution in [0.25, 0.3) is 0 Å². The van der Waals surface area contributed by atoms with Crippen LogP contribution in [0.2, 0.25) is 0 Å². The van der Waals surface area contributed by atoms with E-state index in [1.807, 2.05) is 7.05 Å². The molecule has 1 aromatic rings. The second-order valence-corrected chi connectivity index (χ2v) is 5.16. The minimum Gasteiger partial charge on any atom is -0.493 e. The van der Waals surface area contributed by atoms with Gasteiger partial charge in [-0.25, -0.2) is 0 Å². The second kappa shape index (κ2) is 5.54. The van der Waals surface area contributed by atoms with Crippen molar-refractivity contribution < 1.29 is 4.74 Å². The molecular formula is C15H23NO. The van der Waals surface area contributed by atoms with Crippen molar-refractivity contribution in [2.75, 3.05) is 13.7 Å². The van der Waals surface area contributed by atoms with Gasteiger partial charge in [-0.2, -0.15) is 0 Å². The van der Waals surface area contributed by atoms with Gasteiger partial charge in [-0.3, -0.25) is 0 Å². The monoisotopic (exact) mass is 233 g/mol. The first-order chi connectivity index (χ1) is 8.20. The molecule has 1 fully saturated rings. The van der Waals surface area contributed by atoms with Crippen molar-refractivity contribution in [2.45, 2.75) is 39.2 Å². The van der Waals surface area contributed by atoms with Gasteiger partial charge in [-0.1, -0.05) is 24.1 Å². The van der Waals surface area contributed by atoms with Gasteiger partial charge in [0.15, 0.2) is 0 Å². The Hall–Kier alpha value is -1.02. The Kier molecular flexibility index (Phi) is 4.06. The Labute approximate surface area is 104 Å². The van der Waals surface area contributed by atoms with Crippen molar-refractivity contribution in [1.82, 2.24) is 5.32 Å². The summed E-state index contributed by atoms with van der Waals surface area (Å²) in [6.07, 6.45) is 4.05. The average Bonchev–Trinajstić information content (AvgIpc) is 2.27. The lowest BCUT2D eigenvalue weighted by atomic mass is 9.86. The highest BCUT2D eigenvalue weighted by Crippen LogP contribution is 2.30. The molecule has 1 aliphatic rings. The fraction of sp³-hybridized carbons (Fsp3) is 0.600. The fourth-order valence-electron chi connectivity index (χ4n) is 2.16. The van der Waals surface area contributed by atoms with Crippen molar-refractivity contribution in [3.8, 4) is 5.75 Å². The van der Waals surface area contributed by atoms with Gasteiger partial charge < -0.3 is 10.1 Å². The summed E-state index contributed by atoms with van der Waals surface area (Å²) < 4.78 is 5.98. The minimum atomic E-state index is 0.339. The molecule has 2 nitrogen and oxygen atoms in total. The summed E-state index contributed by atoms with van der Waals surface area (Å²) in [7, 11) is 1.99. The summed E-state index contributed by atoms with van der Waals surface area (Å²) in [4.78, 5) is 0. The predicted molar refractivity (Wildman–Crippen MR) is 71.5 cm³/mol. The molecule has 0 aliphatic heterocycles. The third-order valence-corrected chi connectivity index (χ3v) is 3.76. The quantitative estimate of drug-likeness (QED) is 0.841. The number of benzene rings is 1. The highest BCUT2D eigenvalue weighted by atomic mass is 16.5. The van der Waals surface area contributed by atoms with Gasteiger partial charge in [0.2, 0.25) is 0 Å². The number of hydrogen-bond donors (Lipinski definition) is 1. The maximum absolute atomic E-state index is 5.98. The lowest BCUT2D eigenvalue weighted by Gasteiger charge is -2.26. The number of rotatable bonds is 5. The van der Waals surface area contributed by atoms with Gasteiger partial charge >= 0.3 is 0 Å². The third kappa shape index (κ3) is 3.01. The van der Waals surface area contributed by atoms with E-state index in [1.165, 1.54) is 30.4 Å². The average molecular weight is 233 g/mol. The lowest BCUT2D eigenvalue weighted by Crippen LogP contribution is -2.20. The van der Waals surface area contributed by atoms with Crippen molar-refractivity contribution in [3.63, 3.8) is 0 Å². The lowest BCUT2D eigenvalue weighted by molar-refractivity contribution is 0.179. The van der Waals surface area contributed by atoms with Crippen LogP contribution in [0.5, 0.6) is 5.75 Å². The molecule has 1 unspecified atom stereocenters. The van der Waals surface area contributed by atoms with Crippen LogP contribution < -0.4 is 10.1 Å². The summed E-state index contributed by atoms with van der Waals surface area (Å²) in [5.74, 6) is 1.83. The summed E-state index contributed by atoms with van der Waals surface area (Å²) in [6, 6.07) is 6.79. The van der Waals surface area contributed by atoms with E-state index in [-0.39, 0.29) is 0 Å². The number of nitrogens with one attached hydrogen (secondary N) is 1. The summed E-state index contributed by atoms with van der Waals surface area (Å²) in [5.41, 5.74) is 2.56. The zero-order valence-corrected chi connectivity index (χ0v) is 11.1. The van der Waals surface area contributed by atoms with Crippen LogP contribution in [-0.4, -0.2) is 13.7 Å². The van der Waals surface area contributed by atoms with Crippen LogP contribution in [0.3, 0.4) is 0 Å². The number of aryl methyl sites for hydroxylation is 1. The topological polar surface area (TPSA) is 21.3 Å². The SMILES string of the molecule is CNC(C)c1cc(C)ccc1OCC1CCC1. The molecule has 0 radical (unpaired) electrons. The Morgan fingerprint density at radius 2 is 2.18 bits per heavy atom. The molecule has 1 saturated carbocycles. The van der Waals surface area contributed by atoms with E-state index in [4.69, 9.17) is 4.74 Å². The minimum absolute atomic E-state index is 0.339. The first kappa shape index (κ1) is 12.4. The van der Waals surface area contributed by atoms with Gasteiger partial charge in [0.25, 0.3) is 0 Å². The standard InChI is InChI=1S/C15H23NO/c1-11-7-8-15(14(9-11)12(2)16-3)17-10-13-5-4-6-13/h7-9,12-13,16H,4-6,10H2,1-3H3. The van der Waals surface area contributed by atoms with Crippen molar-refractivity contribution >= 4 is 0 Å². The molecule has 0 heterocycles. The summed E-state index contributed by atoms with van der Waals surface area (Å²) in [5, 5.41) is 3.28. The maximum Gasteiger partial charge on any atom is 0.124 e. The van der Waals surface area contributed by atoms with Gasteiger partial charge in [0.1, 0.15) is 5.75 Å². The van der Waals surface area contributed by atoms with Crippen molar-refractivity contribution in [3.05, 3.63) is 29.3 Å². The molecule has 1 aromatic carbocycles. The van der Waals surface area contributed by atoms with Crippen molar-refractivity contribution in [2.24, 2.45) is 5.92 Å². The van der Waals surface area contributed by atoms with E-state index >= 15 is 0 Å². The maximum atomic E-state index is 5.98. The van der Waals surface area contributed by atoms with E-state index < -0.39 is 0 Å². The molecule has 17 heavy (non-hydrogen) atoms. The Balaban J connectivity index is 2.07. The molecule has 1 atom stereocenters. The van der Waals surface area contributed by atoms with E-state index in [0.717, 1.165) is 18.3 Å². The molecule has 2 rings (SSSR count). The van der Waals surface area contributed by atoms with Gasteiger partial charge in [-0.05, 0) is 45.7 Å². The van der Waals surface area contributed by atoms with E-state index in [0.29, 0.717) is 6.04 Å². The van der Waals surface area contributed by atoms with E-state index in [2.05, 4.69) is 37.4 Å². The number of hydrogen-bond acceptors (Lipinski definition) is 2. The van der Waals surface area contributed by atoms with Gasteiger partial charge in [-0.15, -0.1) is 0 Å². The van der Waals surface area contributed by atoms with E-state index in [9.17, 15) is 0 Å².